The molecule has 168 valence electrons. The second-order valence-electron chi connectivity index (χ2n) is 7.65. The highest BCUT2D eigenvalue weighted by Gasteiger charge is 2.14. The third-order valence-corrected chi connectivity index (χ3v) is 4.20. The molecule has 1 aromatic heterocycles. The summed E-state index contributed by atoms with van der Waals surface area (Å²) < 4.78 is 35.6. The van der Waals surface area contributed by atoms with Gasteiger partial charge in [-0.1, -0.05) is 13.8 Å². The zero-order valence-corrected chi connectivity index (χ0v) is 18.9. The first-order chi connectivity index (χ1) is 14.4. The van der Waals surface area contributed by atoms with Crippen LogP contribution >= 0.6 is 0 Å². The predicted molar refractivity (Wildman–Crippen MR) is 117 cm³/mol. The van der Waals surface area contributed by atoms with E-state index in [4.69, 9.17) is 9.47 Å². The number of sulfonamides is 1. The van der Waals surface area contributed by atoms with Gasteiger partial charge in [0.1, 0.15) is 17.3 Å². The van der Waals surface area contributed by atoms with Crippen LogP contribution in [0.2, 0.25) is 0 Å². The van der Waals surface area contributed by atoms with Crippen molar-refractivity contribution in [1.82, 2.24) is 9.71 Å². The molecule has 9 nitrogen and oxygen atoms in total. The van der Waals surface area contributed by atoms with Crippen molar-refractivity contribution in [3.63, 3.8) is 0 Å². The molecule has 0 fully saturated rings. The number of carbonyl (C=O) groups excluding carboxylic acids is 2. The van der Waals surface area contributed by atoms with Crippen molar-refractivity contribution in [3.05, 3.63) is 47.7 Å². The molecule has 0 bridgehead atoms. The lowest BCUT2D eigenvalue weighted by molar-refractivity contribution is 0.0980. The lowest BCUT2D eigenvalue weighted by Gasteiger charge is -2.15. The van der Waals surface area contributed by atoms with Crippen LogP contribution in [0.1, 0.15) is 48.4 Å². The highest BCUT2D eigenvalue weighted by molar-refractivity contribution is 7.89. The molecule has 0 aliphatic carbocycles. The minimum absolute atomic E-state index is 0.0418. The van der Waals surface area contributed by atoms with Gasteiger partial charge in [-0.15, -0.1) is 0 Å². The van der Waals surface area contributed by atoms with Gasteiger partial charge in [-0.05, 0) is 44.0 Å². The monoisotopic (exact) mass is 449 g/mol. The van der Waals surface area contributed by atoms with Crippen molar-refractivity contribution >= 4 is 27.7 Å². The SMILES string of the molecule is CC(C)COc1cc(OC(C)C)cc(C(=O)Nc2ccc(C(=O)NS(C)(=O)=O)cn2)c1. The summed E-state index contributed by atoms with van der Waals surface area (Å²) in [4.78, 5) is 28.6. The van der Waals surface area contributed by atoms with E-state index in [1.807, 2.05) is 32.4 Å². The van der Waals surface area contributed by atoms with E-state index in [0.717, 1.165) is 6.26 Å². The van der Waals surface area contributed by atoms with Crippen LogP contribution in [0.15, 0.2) is 36.5 Å². The summed E-state index contributed by atoms with van der Waals surface area (Å²) in [6.07, 6.45) is 1.97. The van der Waals surface area contributed by atoms with Crippen molar-refractivity contribution in [2.75, 3.05) is 18.2 Å². The normalized spacial score (nSPS) is 11.3. The summed E-state index contributed by atoms with van der Waals surface area (Å²) in [6.45, 7) is 8.30. The number of benzene rings is 1. The van der Waals surface area contributed by atoms with Crippen LogP contribution in [0, 0.1) is 5.92 Å². The zero-order valence-electron chi connectivity index (χ0n) is 18.1. The van der Waals surface area contributed by atoms with Crippen LogP contribution in [0.3, 0.4) is 0 Å². The molecule has 1 aromatic carbocycles. The van der Waals surface area contributed by atoms with Gasteiger partial charge in [-0.3, -0.25) is 9.59 Å². The highest BCUT2D eigenvalue weighted by atomic mass is 32.2. The molecule has 2 N–H and O–H groups in total. The fraction of sp³-hybridized carbons (Fsp3) is 0.381. The Morgan fingerprint density at radius 1 is 1.00 bits per heavy atom. The van der Waals surface area contributed by atoms with E-state index in [1.54, 1.807) is 18.2 Å². The van der Waals surface area contributed by atoms with Gasteiger partial charge in [0, 0.05) is 17.8 Å². The maximum atomic E-state index is 12.7. The Balaban J connectivity index is 2.18. The summed E-state index contributed by atoms with van der Waals surface area (Å²) in [5.74, 6) is 0.276. The number of rotatable bonds is 9. The minimum Gasteiger partial charge on any atom is -0.493 e. The molecule has 0 spiro atoms. The number of anilines is 1. The van der Waals surface area contributed by atoms with Crippen molar-refractivity contribution in [1.29, 1.82) is 0 Å². The van der Waals surface area contributed by atoms with Crippen LogP contribution in [0.4, 0.5) is 5.82 Å². The molecular weight excluding hydrogens is 422 g/mol. The predicted octanol–water partition coefficient (Wildman–Crippen LogP) is 2.85. The van der Waals surface area contributed by atoms with E-state index in [9.17, 15) is 18.0 Å². The smallest absolute Gasteiger partial charge is 0.266 e. The summed E-state index contributed by atoms with van der Waals surface area (Å²) in [6, 6.07) is 7.70. The second-order valence-corrected chi connectivity index (χ2v) is 9.40. The molecule has 10 heteroatoms. The maximum absolute atomic E-state index is 12.7. The number of nitrogens with one attached hydrogen (secondary N) is 2. The Labute approximate surface area is 182 Å². The molecule has 0 saturated carbocycles. The zero-order chi connectivity index (χ0) is 23.2. The highest BCUT2D eigenvalue weighted by Crippen LogP contribution is 2.25. The molecule has 2 amide bonds. The topological polar surface area (TPSA) is 124 Å². The van der Waals surface area contributed by atoms with Crippen LogP contribution in [-0.4, -0.2) is 44.2 Å². The van der Waals surface area contributed by atoms with Crippen molar-refractivity contribution in [2.45, 2.75) is 33.8 Å². The van der Waals surface area contributed by atoms with Crippen LogP contribution in [0.5, 0.6) is 11.5 Å². The lowest BCUT2D eigenvalue weighted by atomic mass is 10.1. The molecule has 0 atom stereocenters. The van der Waals surface area contributed by atoms with Gasteiger partial charge in [0.2, 0.25) is 10.0 Å². The molecule has 31 heavy (non-hydrogen) atoms. The average Bonchev–Trinajstić information content (AvgIpc) is 2.65. The number of hydrogen-bond donors (Lipinski definition) is 2. The van der Waals surface area contributed by atoms with E-state index < -0.39 is 21.8 Å². The Hall–Kier alpha value is -3.14. The van der Waals surface area contributed by atoms with Gasteiger partial charge in [0.25, 0.3) is 11.8 Å². The third kappa shape index (κ3) is 8.25. The Morgan fingerprint density at radius 3 is 2.23 bits per heavy atom. The fourth-order valence-corrected chi connectivity index (χ4v) is 2.86. The van der Waals surface area contributed by atoms with E-state index >= 15 is 0 Å². The summed E-state index contributed by atoms with van der Waals surface area (Å²) >= 11 is 0. The standard InChI is InChI=1S/C21H27N3O6S/c1-13(2)12-29-17-8-16(9-18(10-17)30-14(3)4)20(25)23-19-7-6-15(11-22-19)21(26)24-31(5,27)28/h6-11,13-14H,12H2,1-5H3,(H,24,26)(H,22,23,25). The van der Waals surface area contributed by atoms with Crippen LogP contribution in [0.25, 0.3) is 0 Å². The first kappa shape index (κ1) is 24.1. The van der Waals surface area contributed by atoms with Gasteiger partial charge < -0.3 is 14.8 Å². The van der Waals surface area contributed by atoms with Crippen molar-refractivity contribution in [2.24, 2.45) is 5.92 Å². The van der Waals surface area contributed by atoms with Crippen LogP contribution < -0.4 is 19.5 Å². The molecule has 0 saturated heterocycles. The number of ether oxygens (including phenoxy) is 2. The van der Waals surface area contributed by atoms with Gasteiger partial charge in [-0.25, -0.2) is 18.1 Å². The largest absolute Gasteiger partial charge is 0.493 e. The molecule has 0 aliphatic rings. The van der Waals surface area contributed by atoms with E-state index in [1.165, 1.54) is 18.3 Å². The van der Waals surface area contributed by atoms with Crippen molar-refractivity contribution < 1.29 is 27.5 Å². The molecule has 2 aromatic rings. The van der Waals surface area contributed by atoms with Crippen LogP contribution in [-0.2, 0) is 10.0 Å². The summed E-state index contributed by atoms with van der Waals surface area (Å²) in [5, 5.41) is 2.63. The number of nitrogens with zero attached hydrogens (tertiary/aromatic N) is 1. The van der Waals surface area contributed by atoms with Gasteiger partial charge >= 0.3 is 0 Å². The minimum atomic E-state index is -3.68. The lowest BCUT2D eigenvalue weighted by Crippen LogP contribution is -2.29. The maximum Gasteiger partial charge on any atom is 0.266 e. The fourth-order valence-electron chi connectivity index (χ4n) is 2.41. The number of carbonyl (C=O) groups is 2. The number of hydrogen-bond acceptors (Lipinski definition) is 7. The Bertz CT molecular complexity index is 1030. The second kappa shape index (κ2) is 10.3. The van der Waals surface area contributed by atoms with Gasteiger partial charge in [0.15, 0.2) is 0 Å². The summed E-state index contributed by atoms with van der Waals surface area (Å²) in [7, 11) is -3.68. The Morgan fingerprint density at radius 2 is 1.68 bits per heavy atom. The molecule has 0 aliphatic heterocycles. The van der Waals surface area contributed by atoms with Gasteiger partial charge in [0.05, 0.1) is 24.5 Å². The molecule has 0 radical (unpaired) electrons. The molecule has 1 heterocycles. The average molecular weight is 450 g/mol. The van der Waals surface area contributed by atoms with Crippen molar-refractivity contribution in [3.8, 4) is 11.5 Å². The van der Waals surface area contributed by atoms with Gasteiger partial charge in [-0.2, -0.15) is 0 Å². The number of amides is 2. The number of aromatic nitrogens is 1. The Kier molecular flexibility index (Phi) is 7.98. The summed E-state index contributed by atoms with van der Waals surface area (Å²) in [5.41, 5.74) is 0.359. The van der Waals surface area contributed by atoms with E-state index in [0.29, 0.717) is 29.6 Å². The number of pyridine rings is 1. The van der Waals surface area contributed by atoms with E-state index in [2.05, 4.69) is 10.3 Å². The van der Waals surface area contributed by atoms with E-state index in [-0.39, 0.29) is 17.5 Å². The third-order valence-electron chi connectivity index (χ3n) is 3.64. The molecular formula is C21H27N3O6S. The first-order valence-electron chi connectivity index (χ1n) is 9.67. The first-order valence-corrected chi connectivity index (χ1v) is 11.6. The quantitative estimate of drug-likeness (QED) is 0.603. The molecule has 0 unspecified atom stereocenters. The molecule has 2 rings (SSSR count).